The summed E-state index contributed by atoms with van der Waals surface area (Å²) in [6.07, 6.45) is 1.63. The van der Waals surface area contributed by atoms with E-state index in [0.29, 0.717) is 25.8 Å². The van der Waals surface area contributed by atoms with Gasteiger partial charge in [-0.1, -0.05) is 12.1 Å². The Morgan fingerprint density at radius 1 is 1.17 bits per heavy atom. The average Bonchev–Trinajstić information content (AvgIpc) is 3.30. The van der Waals surface area contributed by atoms with Crippen molar-refractivity contribution in [3.8, 4) is 5.75 Å². The highest BCUT2D eigenvalue weighted by Crippen LogP contribution is 2.18. The van der Waals surface area contributed by atoms with Crippen LogP contribution in [0.15, 0.2) is 29.3 Å². The van der Waals surface area contributed by atoms with Gasteiger partial charge in [-0.25, -0.2) is 4.79 Å². The number of likely N-dealkylation sites (tertiary alicyclic amines) is 1. The summed E-state index contributed by atoms with van der Waals surface area (Å²) in [5, 5.41) is 23.7. The van der Waals surface area contributed by atoms with Gasteiger partial charge in [0.25, 0.3) is 0 Å². The van der Waals surface area contributed by atoms with E-state index >= 15 is 0 Å². The molecule has 0 spiro atoms. The molecule has 0 aromatic heterocycles. The first-order valence-electron chi connectivity index (χ1n) is 11.3. The maximum Gasteiger partial charge on any atom is 0.326 e. The van der Waals surface area contributed by atoms with Crippen LogP contribution in [-0.2, 0) is 25.6 Å². The number of amides is 3. The van der Waals surface area contributed by atoms with Crippen LogP contribution in [0.1, 0.15) is 31.2 Å². The van der Waals surface area contributed by atoms with E-state index in [9.17, 15) is 29.4 Å². The molecule has 1 heterocycles. The van der Waals surface area contributed by atoms with Crippen LogP contribution in [0.5, 0.6) is 5.75 Å². The highest BCUT2D eigenvalue weighted by atomic mass is 16.4. The molecule has 2 rings (SSSR count). The third-order valence-electron chi connectivity index (χ3n) is 5.58. The Hall–Kier alpha value is -3.87. The van der Waals surface area contributed by atoms with Crippen LogP contribution >= 0.6 is 0 Å². The Balaban J connectivity index is 1.86. The predicted molar refractivity (Wildman–Crippen MR) is 127 cm³/mol. The highest BCUT2D eigenvalue weighted by Gasteiger charge is 2.35. The van der Waals surface area contributed by atoms with Crippen molar-refractivity contribution >= 4 is 29.7 Å². The minimum atomic E-state index is -1.20. The van der Waals surface area contributed by atoms with Crippen LogP contribution in [0.4, 0.5) is 0 Å². The Kier molecular flexibility index (Phi) is 10.3. The normalized spacial score (nSPS) is 16.7. The van der Waals surface area contributed by atoms with Crippen molar-refractivity contribution < 1.29 is 29.4 Å². The molecule has 0 bridgehead atoms. The van der Waals surface area contributed by atoms with Gasteiger partial charge in [-0.3, -0.25) is 19.4 Å². The maximum absolute atomic E-state index is 12.7. The molecule has 1 aliphatic heterocycles. The van der Waals surface area contributed by atoms with Crippen molar-refractivity contribution in [2.45, 2.75) is 50.2 Å². The molecule has 1 saturated heterocycles. The number of benzene rings is 1. The van der Waals surface area contributed by atoms with Crippen LogP contribution in [0.2, 0.25) is 0 Å². The summed E-state index contributed by atoms with van der Waals surface area (Å²) in [4.78, 5) is 54.4. The molecule has 1 aromatic rings. The van der Waals surface area contributed by atoms with Gasteiger partial charge in [0.05, 0.1) is 12.6 Å². The number of guanidine groups is 1. The van der Waals surface area contributed by atoms with Crippen LogP contribution in [0.25, 0.3) is 0 Å². The number of aliphatic imine (C=N–C) groups is 1. The van der Waals surface area contributed by atoms with Crippen molar-refractivity contribution in [3.63, 3.8) is 0 Å². The highest BCUT2D eigenvalue weighted by molar-refractivity contribution is 5.93. The minimum Gasteiger partial charge on any atom is -0.508 e. The number of carboxylic acids is 1. The van der Waals surface area contributed by atoms with Crippen LogP contribution in [-0.4, -0.2) is 82.5 Å². The van der Waals surface area contributed by atoms with Crippen LogP contribution < -0.4 is 27.8 Å². The lowest BCUT2D eigenvalue weighted by Gasteiger charge is -2.26. The van der Waals surface area contributed by atoms with Crippen molar-refractivity contribution in [1.82, 2.24) is 15.5 Å². The number of aliphatic carboxylic acids is 1. The van der Waals surface area contributed by atoms with E-state index in [-0.39, 0.29) is 37.6 Å². The summed E-state index contributed by atoms with van der Waals surface area (Å²) >= 11 is 0. The van der Waals surface area contributed by atoms with Gasteiger partial charge >= 0.3 is 5.97 Å². The number of aromatic hydroxyl groups is 1. The van der Waals surface area contributed by atoms with Gasteiger partial charge in [-0.05, 0) is 49.8 Å². The molecule has 1 aliphatic rings. The smallest absolute Gasteiger partial charge is 0.326 e. The molecule has 1 fully saturated rings. The van der Waals surface area contributed by atoms with Gasteiger partial charge in [0.15, 0.2) is 5.96 Å². The number of nitrogens with zero attached hydrogens (tertiary/aromatic N) is 2. The number of nitrogens with one attached hydrogen (secondary N) is 2. The van der Waals surface area contributed by atoms with Gasteiger partial charge in [-0.2, -0.15) is 0 Å². The van der Waals surface area contributed by atoms with Gasteiger partial charge in [0, 0.05) is 13.1 Å². The van der Waals surface area contributed by atoms with E-state index in [1.165, 1.54) is 17.0 Å². The van der Waals surface area contributed by atoms with E-state index in [1.54, 1.807) is 12.1 Å². The Morgan fingerprint density at radius 2 is 1.86 bits per heavy atom. The number of carbonyl (C=O) groups is 4. The number of hydrogen-bond acceptors (Lipinski definition) is 7. The predicted octanol–water partition coefficient (Wildman–Crippen LogP) is -2.01. The summed E-state index contributed by atoms with van der Waals surface area (Å²) in [5.74, 6) is -2.77. The van der Waals surface area contributed by atoms with Gasteiger partial charge < -0.3 is 42.9 Å². The number of nitrogens with two attached hydrogens (primary N) is 3. The first kappa shape index (κ1) is 27.4. The standard InChI is InChI=1S/C22H33N7O6/c23-15(11-13-5-7-14(30)8-6-13)19(32)27-12-18(31)29-10-2-4-17(29)20(33)28-16(21(34)35)3-1-9-26-22(24)25/h5-8,15-17,30H,1-4,9-12,23H2,(H,27,32)(H,28,33)(H,34,35)(H4,24,25,26). The fourth-order valence-corrected chi connectivity index (χ4v) is 3.74. The quantitative estimate of drug-likeness (QED) is 0.0972. The lowest BCUT2D eigenvalue weighted by molar-refractivity contribution is -0.144. The molecule has 13 nitrogen and oxygen atoms in total. The second-order valence-electron chi connectivity index (χ2n) is 8.29. The van der Waals surface area contributed by atoms with E-state index < -0.39 is 41.8 Å². The van der Waals surface area contributed by atoms with Crippen LogP contribution in [0, 0.1) is 0 Å². The summed E-state index contributed by atoms with van der Waals surface area (Å²) in [6.45, 7) is 0.200. The molecule has 3 unspecified atom stereocenters. The molecule has 0 aliphatic carbocycles. The lowest BCUT2D eigenvalue weighted by atomic mass is 10.1. The molecule has 3 atom stereocenters. The molecular formula is C22H33N7O6. The maximum atomic E-state index is 12.7. The van der Waals surface area contributed by atoms with Gasteiger partial charge in [-0.15, -0.1) is 0 Å². The first-order valence-corrected chi connectivity index (χ1v) is 11.3. The Morgan fingerprint density at radius 3 is 2.49 bits per heavy atom. The fourth-order valence-electron chi connectivity index (χ4n) is 3.74. The van der Waals surface area contributed by atoms with Gasteiger partial charge in [0.1, 0.15) is 17.8 Å². The molecule has 10 N–H and O–H groups in total. The summed E-state index contributed by atoms with van der Waals surface area (Å²) < 4.78 is 0. The largest absolute Gasteiger partial charge is 0.508 e. The van der Waals surface area contributed by atoms with Crippen LogP contribution in [0.3, 0.4) is 0 Å². The third kappa shape index (κ3) is 8.77. The zero-order valence-electron chi connectivity index (χ0n) is 19.4. The fraction of sp³-hybridized carbons (Fsp3) is 0.500. The Labute approximate surface area is 202 Å². The third-order valence-corrected chi connectivity index (χ3v) is 5.58. The number of carbonyl (C=O) groups excluding carboxylic acids is 3. The summed E-state index contributed by atoms with van der Waals surface area (Å²) in [7, 11) is 0. The molecule has 192 valence electrons. The van der Waals surface area contributed by atoms with Gasteiger partial charge in [0.2, 0.25) is 17.7 Å². The zero-order valence-corrected chi connectivity index (χ0v) is 19.4. The number of phenols is 1. The molecule has 35 heavy (non-hydrogen) atoms. The first-order chi connectivity index (χ1) is 16.6. The topological polar surface area (TPSA) is 226 Å². The summed E-state index contributed by atoms with van der Waals surface area (Å²) in [5.41, 5.74) is 17.1. The molecule has 0 saturated carbocycles. The minimum absolute atomic E-state index is 0.0993. The second kappa shape index (κ2) is 13.1. The number of rotatable bonds is 12. The van der Waals surface area contributed by atoms with Crippen molar-refractivity contribution in [1.29, 1.82) is 0 Å². The van der Waals surface area contributed by atoms with Crippen molar-refractivity contribution in [2.75, 3.05) is 19.6 Å². The number of carboxylic acid groups (broad SMARTS) is 1. The Bertz CT molecular complexity index is 933. The molecule has 0 radical (unpaired) electrons. The SMILES string of the molecule is NC(N)=NCCCC(NC(=O)C1CCCN1C(=O)CNC(=O)C(N)Cc1ccc(O)cc1)C(=O)O. The molecule has 1 aromatic carbocycles. The molecular weight excluding hydrogens is 458 g/mol. The molecule has 3 amide bonds. The van der Waals surface area contributed by atoms with E-state index in [4.69, 9.17) is 17.2 Å². The number of hydrogen-bond donors (Lipinski definition) is 7. The zero-order chi connectivity index (χ0) is 26.0. The number of phenolic OH excluding ortho intramolecular Hbond substituents is 1. The monoisotopic (exact) mass is 491 g/mol. The van der Waals surface area contributed by atoms with Crippen molar-refractivity contribution in [2.24, 2.45) is 22.2 Å². The van der Waals surface area contributed by atoms with E-state index in [1.807, 2.05) is 0 Å². The average molecular weight is 492 g/mol. The summed E-state index contributed by atoms with van der Waals surface area (Å²) in [6, 6.07) is 3.39. The van der Waals surface area contributed by atoms with E-state index in [2.05, 4.69) is 15.6 Å². The molecule has 13 heteroatoms. The second-order valence-corrected chi connectivity index (χ2v) is 8.29. The van der Waals surface area contributed by atoms with Crippen molar-refractivity contribution in [3.05, 3.63) is 29.8 Å². The lowest BCUT2D eigenvalue weighted by Crippen LogP contribution is -2.53. The van der Waals surface area contributed by atoms with E-state index in [0.717, 1.165) is 5.56 Å².